The third-order valence-corrected chi connectivity index (χ3v) is 11.5. The molecule has 0 unspecified atom stereocenters. The lowest BCUT2D eigenvalue weighted by Gasteiger charge is -2.54. The topological polar surface area (TPSA) is 13.0 Å². The molecule has 4 saturated heterocycles. The van der Waals surface area contributed by atoms with Gasteiger partial charge in [-0.25, -0.2) is 0 Å². The van der Waals surface area contributed by atoms with Crippen molar-refractivity contribution in [2.45, 2.75) is 77.0 Å². The minimum absolute atomic E-state index is 0. The van der Waals surface area contributed by atoms with Crippen LogP contribution >= 0.6 is 7.87 Å². The third-order valence-electron chi connectivity index (χ3n) is 6.85. The fourth-order valence-corrected chi connectivity index (χ4v) is 11.1. The zero-order chi connectivity index (χ0) is 17.0. The second-order valence-corrected chi connectivity index (χ2v) is 11.9. The van der Waals surface area contributed by atoms with Gasteiger partial charge in [-0.2, -0.15) is 0 Å². The van der Waals surface area contributed by atoms with E-state index < -0.39 is 7.87 Å². The largest absolute Gasteiger partial charge is 1.00 e. The number of hydrogen-bond donors (Lipinski definition) is 0. The first-order chi connectivity index (χ1) is 12.4. The Hall–Kier alpha value is 0.750. The van der Waals surface area contributed by atoms with Crippen molar-refractivity contribution in [3.63, 3.8) is 0 Å². The average molecular weight is 447 g/mol. The number of piperidine rings is 4. The van der Waals surface area contributed by atoms with Crippen LogP contribution in [0.4, 0.5) is 0 Å². The van der Waals surface area contributed by atoms with Crippen molar-refractivity contribution >= 4 is 7.87 Å². The lowest BCUT2D eigenvalue weighted by molar-refractivity contribution is -0.00000574. The highest BCUT2D eigenvalue weighted by atomic mass is 79.9. The quantitative estimate of drug-likeness (QED) is 0.608. The molecule has 0 aliphatic carbocycles. The van der Waals surface area contributed by atoms with Gasteiger partial charge in [-0.1, -0.05) is 25.7 Å². The average Bonchev–Trinajstić information content (AvgIpc) is 2.72. The monoisotopic (exact) mass is 446 g/mol. The Bertz CT molecular complexity index is 323. The molecule has 4 heterocycles. The van der Waals surface area contributed by atoms with Crippen LogP contribution in [0.25, 0.3) is 0 Å². The summed E-state index contributed by atoms with van der Waals surface area (Å²) in [6.07, 6.45) is 17.2. The van der Waals surface area contributed by atoms with Gasteiger partial charge < -0.3 is 17.0 Å². The normalized spacial score (nSPS) is 28.6. The van der Waals surface area contributed by atoms with E-state index in [-0.39, 0.29) is 17.0 Å². The van der Waals surface area contributed by atoms with Gasteiger partial charge in [-0.3, -0.25) is 0 Å². The lowest BCUT2D eigenvalue weighted by Crippen LogP contribution is -3.00. The summed E-state index contributed by atoms with van der Waals surface area (Å²) in [6.45, 7) is 10.9. The van der Waals surface area contributed by atoms with Gasteiger partial charge in [0.25, 0.3) is 0 Å². The van der Waals surface area contributed by atoms with Crippen LogP contribution in [0.2, 0.25) is 0 Å². The van der Waals surface area contributed by atoms with Gasteiger partial charge in [0.2, 0.25) is 0 Å². The molecule has 0 saturated carbocycles. The molecule has 0 radical (unpaired) electrons. The van der Waals surface area contributed by atoms with Gasteiger partial charge in [0.1, 0.15) is 0 Å². The molecule has 4 aliphatic rings. The van der Waals surface area contributed by atoms with Crippen LogP contribution in [0.1, 0.15) is 77.0 Å². The Kier molecular flexibility index (Phi) is 8.67. The molecule has 4 rings (SSSR count). The van der Waals surface area contributed by atoms with Crippen LogP contribution in [0.15, 0.2) is 0 Å². The fraction of sp³-hybridized carbons (Fsp3) is 1.00. The maximum absolute atomic E-state index is 3.04. The molecule has 26 heavy (non-hydrogen) atoms. The minimum atomic E-state index is -1.46. The molecule has 0 amide bonds. The van der Waals surface area contributed by atoms with E-state index in [0.717, 1.165) is 0 Å². The number of rotatable bonds is 4. The van der Waals surface area contributed by atoms with Crippen molar-refractivity contribution < 1.29 is 17.0 Å². The first-order valence-electron chi connectivity index (χ1n) is 11.3. The van der Waals surface area contributed by atoms with Crippen molar-refractivity contribution in [3.05, 3.63) is 0 Å². The second-order valence-electron chi connectivity index (χ2n) is 8.59. The van der Waals surface area contributed by atoms with Crippen molar-refractivity contribution in [1.29, 1.82) is 0 Å². The molecule has 0 bridgehead atoms. The predicted molar refractivity (Wildman–Crippen MR) is 109 cm³/mol. The highest BCUT2D eigenvalue weighted by molar-refractivity contribution is 7.66. The summed E-state index contributed by atoms with van der Waals surface area (Å²) in [5.41, 5.74) is 0. The smallest absolute Gasteiger partial charge is 0.308 e. The number of hydrogen-bond acceptors (Lipinski definition) is 4. The van der Waals surface area contributed by atoms with E-state index in [1.165, 1.54) is 129 Å². The summed E-state index contributed by atoms with van der Waals surface area (Å²) in [7, 11) is -1.46. The summed E-state index contributed by atoms with van der Waals surface area (Å²) in [5.74, 6) is 0. The maximum Gasteiger partial charge on any atom is 0.308 e. The Morgan fingerprint density at radius 1 is 0.308 bits per heavy atom. The fourth-order valence-electron chi connectivity index (χ4n) is 5.66. The van der Waals surface area contributed by atoms with Gasteiger partial charge in [0.15, 0.2) is 0 Å². The number of nitrogens with zero attached hydrogens (tertiary/aromatic N) is 4. The van der Waals surface area contributed by atoms with E-state index in [2.05, 4.69) is 18.7 Å². The summed E-state index contributed by atoms with van der Waals surface area (Å²) in [6, 6.07) is 0. The Balaban J connectivity index is 0.00000196. The zero-order valence-corrected chi connectivity index (χ0v) is 19.2. The van der Waals surface area contributed by atoms with Gasteiger partial charge in [0, 0.05) is 52.4 Å². The van der Waals surface area contributed by atoms with Crippen molar-refractivity contribution in [3.8, 4) is 0 Å². The predicted octanol–water partition coefficient (Wildman–Crippen LogP) is 1.61. The summed E-state index contributed by atoms with van der Waals surface area (Å²) < 4.78 is 12.2. The molecular weight excluding hydrogens is 407 g/mol. The Labute approximate surface area is 173 Å². The zero-order valence-electron chi connectivity index (χ0n) is 16.8. The highest BCUT2D eigenvalue weighted by Gasteiger charge is 2.61. The molecule has 6 heteroatoms. The van der Waals surface area contributed by atoms with Gasteiger partial charge in [0.05, 0.1) is 0 Å². The van der Waals surface area contributed by atoms with E-state index in [4.69, 9.17) is 0 Å². The molecule has 4 nitrogen and oxygen atoms in total. The molecule has 0 aromatic rings. The van der Waals surface area contributed by atoms with Crippen molar-refractivity contribution in [2.24, 2.45) is 0 Å². The summed E-state index contributed by atoms with van der Waals surface area (Å²) >= 11 is 0. The maximum atomic E-state index is 3.04. The van der Waals surface area contributed by atoms with Crippen LogP contribution in [-0.4, -0.2) is 71.0 Å². The van der Waals surface area contributed by atoms with Crippen LogP contribution in [0.3, 0.4) is 0 Å². The molecule has 0 aromatic heterocycles. The van der Waals surface area contributed by atoms with E-state index in [9.17, 15) is 0 Å². The van der Waals surface area contributed by atoms with E-state index in [1.807, 2.05) is 0 Å². The van der Waals surface area contributed by atoms with Crippen molar-refractivity contribution in [2.75, 3.05) is 52.4 Å². The molecule has 4 fully saturated rings. The standard InChI is InChI=1S/C20H40N4P.BrH/c1-5-13-21(14-6-1)25(22-15-7-2-8-16-22,23-17-9-3-10-18-23)24-19-11-4-12-20-24;/h1-20H2;1H/q+1;/p-1. The van der Waals surface area contributed by atoms with E-state index in [0.29, 0.717) is 0 Å². The van der Waals surface area contributed by atoms with Crippen LogP contribution in [-0.2, 0) is 0 Å². The molecule has 152 valence electrons. The third kappa shape index (κ3) is 4.33. The van der Waals surface area contributed by atoms with E-state index >= 15 is 0 Å². The van der Waals surface area contributed by atoms with E-state index in [1.54, 1.807) is 0 Å². The van der Waals surface area contributed by atoms with Crippen LogP contribution in [0.5, 0.6) is 0 Å². The molecular formula is C20H40BrN4P. The van der Waals surface area contributed by atoms with Crippen LogP contribution < -0.4 is 17.0 Å². The SMILES string of the molecule is C1CCN([P+](N2CCCCC2)(N2CCCCC2)N2CCCCC2)CC1.[Br-]. The molecule has 0 spiro atoms. The molecule has 0 N–H and O–H groups in total. The Morgan fingerprint density at radius 2 is 0.500 bits per heavy atom. The van der Waals surface area contributed by atoms with Gasteiger partial charge in [-0.15, -0.1) is 18.7 Å². The highest BCUT2D eigenvalue weighted by Crippen LogP contribution is 2.71. The van der Waals surface area contributed by atoms with Gasteiger partial charge >= 0.3 is 7.87 Å². The minimum Gasteiger partial charge on any atom is -1.00 e. The summed E-state index contributed by atoms with van der Waals surface area (Å²) in [4.78, 5) is 0. The first-order valence-corrected chi connectivity index (χ1v) is 12.9. The second kappa shape index (κ2) is 10.5. The summed E-state index contributed by atoms with van der Waals surface area (Å²) in [5, 5.41) is 0. The molecule has 0 atom stereocenters. The number of halogens is 1. The molecule has 0 aromatic carbocycles. The Morgan fingerprint density at radius 3 is 0.692 bits per heavy atom. The first kappa shape index (κ1) is 21.5. The van der Waals surface area contributed by atoms with Gasteiger partial charge in [-0.05, 0) is 51.4 Å². The lowest BCUT2D eigenvalue weighted by atomic mass is 10.2. The molecule has 4 aliphatic heterocycles. The van der Waals surface area contributed by atoms with Crippen LogP contribution in [0, 0.1) is 0 Å². The van der Waals surface area contributed by atoms with Crippen molar-refractivity contribution in [1.82, 2.24) is 18.7 Å².